The highest BCUT2D eigenvalue weighted by molar-refractivity contribution is 5.82. The number of likely N-dealkylation sites (tertiary alicyclic amines) is 1. The molecule has 0 saturated carbocycles. The molecule has 3 heteroatoms. The van der Waals surface area contributed by atoms with Gasteiger partial charge in [-0.05, 0) is 44.5 Å². The van der Waals surface area contributed by atoms with Crippen molar-refractivity contribution in [2.45, 2.75) is 32.4 Å². The third-order valence-electron chi connectivity index (χ3n) is 4.05. The molecule has 1 saturated heterocycles. The summed E-state index contributed by atoms with van der Waals surface area (Å²) < 4.78 is 0. The number of fused-ring (bicyclic) bond motifs is 1. The van der Waals surface area contributed by atoms with Gasteiger partial charge in [0.05, 0.1) is 0 Å². The van der Waals surface area contributed by atoms with Crippen LogP contribution in [0, 0.1) is 0 Å². The Balaban J connectivity index is 1.56. The lowest BCUT2D eigenvalue weighted by molar-refractivity contribution is 0.298. The molecule has 19 heavy (non-hydrogen) atoms. The first kappa shape index (κ1) is 12.7. The Labute approximate surface area is 115 Å². The number of nitrogens with one attached hydrogen (secondary N) is 2. The van der Waals surface area contributed by atoms with Gasteiger partial charge in [0, 0.05) is 36.2 Å². The number of hydrogen-bond donors (Lipinski definition) is 2. The van der Waals surface area contributed by atoms with Gasteiger partial charge in [-0.25, -0.2) is 0 Å². The van der Waals surface area contributed by atoms with Gasteiger partial charge in [0.2, 0.25) is 0 Å². The Morgan fingerprint density at radius 2 is 2.05 bits per heavy atom. The van der Waals surface area contributed by atoms with Crippen molar-refractivity contribution in [3.8, 4) is 0 Å². The second-order valence-electron chi connectivity index (χ2n) is 5.65. The average Bonchev–Trinajstić information content (AvgIpc) is 3.05. The van der Waals surface area contributed by atoms with Crippen LogP contribution in [0.1, 0.15) is 25.3 Å². The third kappa shape index (κ3) is 2.99. The summed E-state index contributed by atoms with van der Waals surface area (Å²) in [5.74, 6) is 0. The highest BCUT2D eigenvalue weighted by Crippen LogP contribution is 2.17. The molecule has 1 unspecified atom stereocenters. The van der Waals surface area contributed by atoms with Crippen LogP contribution in [0.15, 0.2) is 30.5 Å². The van der Waals surface area contributed by atoms with Crippen LogP contribution >= 0.6 is 0 Å². The molecular weight excluding hydrogens is 234 g/mol. The zero-order valence-electron chi connectivity index (χ0n) is 11.7. The zero-order valence-corrected chi connectivity index (χ0v) is 11.7. The molecule has 1 fully saturated rings. The predicted octanol–water partition coefficient (Wildman–Crippen LogP) is 2.74. The molecule has 1 aromatic heterocycles. The van der Waals surface area contributed by atoms with Gasteiger partial charge < -0.3 is 15.2 Å². The van der Waals surface area contributed by atoms with Crippen molar-refractivity contribution in [3.63, 3.8) is 0 Å². The molecule has 0 radical (unpaired) electrons. The van der Waals surface area contributed by atoms with Gasteiger partial charge in [-0.1, -0.05) is 18.2 Å². The highest BCUT2D eigenvalue weighted by Gasteiger charge is 2.14. The number of hydrogen-bond acceptors (Lipinski definition) is 2. The lowest BCUT2D eigenvalue weighted by atomic mass is 10.1. The van der Waals surface area contributed by atoms with Crippen LogP contribution < -0.4 is 5.32 Å². The van der Waals surface area contributed by atoms with E-state index in [4.69, 9.17) is 0 Å². The van der Waals surface area contributed by atoms with E-state index in [0.717, 1.165) is 6.54 Å². The molecule has 1 aliphatic rings. The number of benzene rings is 1. The maximum atomic E-state index is 3.64. The van der Waals surface area contributed by atoms with Crippen molar-refractivity contribution in [1.29, 1.82) is 0 Å². The number of nitrogens with zero attached hydrogens (tertiary/aromatic N) is 1. The summed E-state index contributed by atoms with van der Waals surface area (Å²) >= 11 is 0. The molecule has 3 rings (SSSR count). The van der Waals surface area contributed by atoms with E-state index in [1.165, 1.54) is 48.9 Å². The summed E-state index contributed by atoms with van der Waals surface area (Å²) in [6.45, 7) is 6.95. The van der Waals surface area contributed by atoms with E-state index in [9.17, 15) is 0 Å². The molecule has 3 nitrogen and oxygen atoms in total. The maximum absolute atomic E-state index is 3.64. The number of rotatable bonds is 5. The molecule has 1 aromatic carbocycles. The van der Waals surface area contributed by atoms with Gasteiger partial charge in [-0.3, -0.25) is 0 Å². The van der Waals surface area contributed by atoms with E-state index in [2.05, 4.69) is 52.6 Å². The minimum absolute atomic E-state index is 0.548. The number of aromatic amines is 1. The molecule has 2 heterocycles. The smallest absolute Gasteiger partial charge is 0.0457 e. The topological polar surface area (TPSA) is 31.1 Å². The Bertz CT molecular complexity index is 526. The summed E-state index contributed by atoms with van der Waals surface area (Å²) in [5, 5.41) is 4.98. The van der Waals surface area contributed by atoms with E-state index < -0.39 is 0 Å². The Morgan fingerprint density at radius 1 is 1.26 bits per heavy atom. The summed E-state index contributed by atoms with van der Waals surface area (Å²) in [6, 6.07) is 9.05. The monoisotopic (exact) mass is 257 g/mol. The molecule has 2 aromatic rings. The molecule has 2 N–H and O–H groups in total. The summed E-state index contributed by atoms with van der Waals surface area (Å²) in [5.41, 5.74) is 2.59. The standard InChI is InChI=1S/C16H23N3/c1-13(12-19-8-4-5-9-19)17-10-14-11-18-16-7-3-2-6-15(14)16/h2-3,6-7,11,13,17-18H,4-5,8-10,12H2,1H3. The third-order valence-corrected chi connectivity index (χ3v) is 4.05. The van der Waals surface area contributed by atoms with Crippen LogP contribution in [-0.4, -0.2) is 35.6 Å². The van der Waals surface area contributed by atoms with E-state index in [1.54, 1.807) is 0 Å². The van der Waals surface area contributed by atoms with Gasteiger partial charge in [-0.15, -0.1) is 0 Å². The number of para-hydroxylation sites is 1. The van der Waals surface area contributed by atoms with Crippen molar-refractivity contribution in [2.24, 2.45) is 0 Å². The van der Waals surface area contributed by atoms with Crippen LogP contribution in [0.5, 0.6) is 0 Å². The molecule has 1 atom stereocenters. The number of aromatic nitrogens is 1. The van der Waals surface area contributed by atoms with Crippen molar-refractivity contribution in [3.05, 3.63) is 36.0 Å². The largest absolute Gasteiger partial charge is 0.361 e. The molecule has 1 aliphatic heterocycles. The molecular formula is C16H23N3. The highest BCUT2D eigenvalue weighted by atomic mass is 15.2. The lowest BCUT2D eigenvalue weighted by Crippen LogP contribution is -2.37. The minimum atomic E-state index is 0.548. The van der Waals surface area contributed by atoms with Gasteiger partial charge in [0.1, 0.15) is 0 Å². The fourth-order valence-electron chi connectivity index (χ4n) is 2.98. The van der Waals surface area contributed by atoms with Crippen molar-refractivity contribution >= 4 is 10.9 Å². The zero-order chi connectivity index (χ0) is 13.1. The van der Waals surface area contributed by atoms with Gasteiger partial charge in [0.25, 0.3) is 0 Å². The quantitative estimate of drug-likeness (QED) is 0.863. The van der Waals surface area contributed by atoms with Crippen LogP contribution in [0.3, 0.4) is 0 Å². The van der Waals surface area contributed by atoms with E-state index >= 15 is 0 Å². The second kappa shape index (κ2) is 5.76. The summed E-state index contributed by atoms with van der Waals surface area (Å²) in [4.78, 5) is 5.90. The average molecular weight is 257 g/mol. The minimum Gasteiger partial charge on any atom is -0.361 e. The fraction of sp³-hybridized carbons (Fsp3) is 0.500. The predicted molar refractivity (Wildman–Crippen MR) is 80.3 cm³/mol. The summed E-state index contributed by atoms with van der Waals surface area (Å²) in [6.07, 6.45) is 4.87. The van der Waals surface area contributed by atoms with Gasteiger partial charge in [0.15, 0.2) is 0 Å². The number of H-pyrrole nitrogens is 1. The molecule has 0 spiro atoms. The van der Waals surface area contributed by atoms with Gasteiger partial charge >= 0.3 is 0 Å². The van der Waals surface area contributed by atoms with Crippen molar-refractivity contribution < 1.29 is 0 Å². The van der Waals surface area contributed by atoms with Crippen LogP contribution in [-0.2, 0) is 6.54 Å². The SMILES string of the molecule is CC(CN1CCCC1)NCc1c[nH]c2ccccc12. The molecule has 0 amide bonds. The van der Waals surface area contributed by atoms with E-state index in [1.807, 2.05) is 0 Å². The fourth-order valence-corrected chi connectivity index (χ4v) is 2.98. The van der Waals surface area contributed by atoms with Crippen molar-refractivity contribution in [1.82, 2.24) is 15.2 Å². The summed E-state index contributed by atoms with van der Waals surface area (Å²) in [7, 11) is 0. The van der Waals surface area contributed by atoms with Crippen LogP contribution in [0.25, 0.3) is 10.9 Å². The van der Waals surface area contributed by atoms with Crippen LogP contribution in [0.4, 0.5) is 0 Å². The van der Waals surface area contributed by atoms with Gasteiger partial charge in [-0.2, -0.15) is 0 Å². The van der Waals surface area contributed by atoms with Crippen LogP contribution in [0.2, 0.25) is 0 Å². The first-order valence-electron chi connectivity index (χ1n) is 7.33. The normalized spacial score (nSPS) is 18.2. The lowest BCUT2D eigenvalue weighted by Gasteiger charge is -2.21. The molecule has 102 valence electrons. The first-order valence-corrected chi connectivity index (χ1v) is 7.33. The molecule has 0 bridgehead atoms. The second-order valence-corrected chi connectivity index (χ2v) is 5.65. The van der Waals surface area contributed by atoms with Crippen molar-refractivity contribution in [2.75, 3.05) is 19.6 Å². The first-order chi connectivity index (χ1) is 9.33. The molecule has 0 aliphatic carbocycles. The Kier molecular flexibility index (Phi) is 3.85. The van der Waals surface area contributed by atoms with E-state index in [0.29, 0.717) is 6.04 Å². The maximum Gasteiger partial charge on any atom is 0.0457 e. The Morgan fingerprint density at radius 3 is 2.89 bits per heavy atom. The Hall–Kier alpha value is -1.32. The van der Waals surface area contributed by atoms with E-state index in [-0.39, 0.29) is 0 Å².